The zero-order valence-electron chi connectivity index (χ0n) is 25.6. The van der Waals surface area contributed by atoms with E-state index in [4.69, 9.17) is 23.2 Å². The Labute approximate surface area is 182 Å². The number of piperazine rings is 1. The Morgan fingerprint density at radius 1 is 1.28 bits per heavy atom. The number of carbonyl (C=O) groups is 2. The van der Waals surface area contributed by atoms with Crippen molar-refractivity contribution in [3.63, 3.8) is 0 Å². The van der Waals surface area contributed by atoms with Gasteiger partial charge in [0.2, 0.25) is 18.6 Å². The van der Waals surface area contributed by atoms with Gasteiger partial charge in [-0.1, -0.05) is 24.2 Å². The van der Waals surface area contributed by atoms with E-state index in [1.807, 2.05) is 0 Å². The number of carbonyl (C=O) groups excluding carboxylic acids is 2. The fourth-order valence-electron chi connectivity index (χ4n) is 3.98. The molecule has 6 rings (SSSR count). The maximum absolute atomic E-state index is 13.8. The predicted molar refractivity (Wildman–Crippen MR) is 105 cm³/mol. The summed E-state index contributed by atoms with van der Waals surface area (Å²) in [7, 11) is 0. The molecule has 0 saturated carbocycles. The molecule has 1 unspecified atom stereocenters. The third-order valence-electron chi connectivity index (χ3n) is 5.22. The van der Waals surface area contributed by atoms with Gasteiger partial charge in [0.15, 0.2) is 11.5 Å². The van der Waals surface area contributed by atoms with Crippen LogP contribution in [0.3, 0.4) is 0 Å². The number of rotatable bonds is 1. The first-order valence-corrected chi connectivity index (χ1v) is 8.71. The minimum absolute atomic E-state index is 0.117. The Kier molecular flexibility index (Phi) is 1.77. The summed E-state index contributed by atoms with van der Waals surface area (Å²) >= 11 is 0. The summed E-state index contributed by atoms with van der Waals surface area (Å²) in [5.74, 6) is -4.19. The highest BCUT2D eigenvalue weighted by Gasteiger charge is 2.47. The molecule has 2 atom stereocenters. The minimum atomic E-state index is -3.45. The topological polar surface area (TPSA) is 74.9 Å². The van der Waals surface area contributed by atoms with Gasteiger partial charge in [-0.2, -0.15) is 0 Å². The predicted octanol–water partition coefficient (Wildman–Crippen LogP) is 2.21. The molecule has 1 fully saturated rings. The van der Waals surface area contributed by atoms with Crippen LogP contribution in [0.1, 0.15) is 37.9 Å². The number of ether oxygens (including phenoxy) is 2. The van der Waals surface area contributed by atoms with Gasteiger partial charge in [0.05, 0.1) is 20.8 Å². The molecule has 1 aromatic heterocycles. The monoisotopic (exact) mass is 400 g/mol. The van der Waals surface area contributed by atoms with Crippen LogP contribution in [-0.2, 0) is 16.0 Å². The van der Waals surface area contributed by atoms with Gasteiger partial charge in [0.25, 0.3) is 0 Å². The van der Waals surface area contributed by atoms with Gasteiger partial charge < -0.3 is 24.3 Å². The molecule has 3 aliphatic rings. The van der Waals surface area contributed by atoms with E-state index in [1.165, 1.54) is 0 Å². The first-order chi connectivity index (χ1) is 18.4. The third-order valence-corrected chi connectivity index (χ3v) is 5.22. The zero-order valence-corrected chi connectivity index (χ0v) is 14.6. The second-order valence-corrected chi connectivity index (χ2v) is 6.75. The van der Waals surface area contributed by atoms with Crippen molar-refractivity contribution in [2.24, 2.45) is 0 Å². The van der Waals surface area contributed by atoms with E-state index in [1.54, 1.807) is 24.3 Å². The van der Waals surface area contributed by atoms with E-state index in [9.17, 15) is 11.0 Å². The van der Waals surface area contributed by atoms with Crippen molar-refractivity contribution in [2.75, 3.05) is 20.2 Å². The zero-order chi connectivity index (χ0) is 29.3. The van der Waals surface area contributed by atoms with Crippen molar-refractivity contribution in [2.45, 2.75) is 18.5 Å². The van der Waals surface area contributed by atoms with Crippen LogP contribution in [0.2, 0.25) is 0 Å². The van der Waals surface area contributed by atoms with Gasteiger partial charge in [-0.05, 0) is 29.3 Å². The number of hydrogen-bond acceptors (Lipinski definition) is 4. The molecule has 0 bridgehead atoms. The second kappa shape index (κ2) is 5.76. The molecule has 7 nitrogen and oxygen atoms in total. The lowest BCUT2D eigenvalue weighted by molar-refractivity contribution is -0.157. The molecule has 4 heterocycles. The van der Waals surface area contributed by atoms with Gasteiger partial charge in [-0.3, -0.25) is 9.59 Å². The SMILES string of the molecule is [2H]c1c([2H])c(C2c3[nH]c4ccccc4c3C[C@]3([2H])C(=O)N(C([2H])([2H])[2H])C([2H])([2H])C(=O)N23)c([2H])c2c1OC([2H])([2H])O2. The van der Waals surface area contributed by atoms with E-state index in [-0.39, 0.29) is 10.6 Å². The molecule has 2 aromatic carbocycles. The lowest BCUT2D eigenvalue weighted by atomic mass is 9.86. The molecule has 3 aromatic rings. The lowest BCUT2D eigenvalue weighted by Crippen LogP contribution is -2.62. The molecule has 1 saturated heterocycles. The summed E-state index contributed by atoms with van der Waals surface area (Å²) in [5.41, 5.74) is 0.428. The Bertz CT molecular complexity index is 1650. The number of para-hydroxylation sites is 1. The molecular weight excluding hydrogens is 370 g/mol. The number of H-pyrrole nitrogens is 1. The molecule has 0 radical (unpaired) electrons. The van der Waals surface area contributed by atoms with E-state index in [2.05, 4.69) is 4.98 Å². The number of amides is 2. The summed E-state index contributed by atoms with van der Waals surface area (Å²) < 4.78 is 101. The van der Waals surface area contributed by atoms with Gasteiger partial charge in [-0.25, -0.2) is 0 Å². The highest BCUT2D eigenvalue weighted by molar-refractivity contribution is 5.97. The summed E-state index contributed by atoms with van der Waals surface area (Å²) in [4.78, 5) is 30.9. The van der Waals surface area contributed by atoms with Crippen molar-refractivity contribution >= 4 is 22.7 Å². The number of aromatic amines is 1. The third kappa shape index (κ3) is 2.24. The quantitative estimate of drug-likeness (QED) is 0.680. The van der Waals surface area contributed by atoms with Gasteiger partial charge in [-0.15, -0.1) is 0 Å². The van der Waals surface area contributed by atoms with Crippen LogP contribution in [0, 0.1) is 0 Å². The maximum Gasteiger partial charge on any atom is 0.245 e. The first-order valence-electron chi connectivity index (χ1n) is 14.2. The summed E-state index contributed by atoms with van der Waals surface area (Å²) in [6.45, 7) is -9.64. The normalized spacial score (nSPS) is 34.8. The highest BCUT2D eigenvalue weighted by atomic mass is 16.7. The summed E-state index contributed by atoms with van der Waals surface area (Å²) in [6, 6.07) is 0.100. The van der Waals surface area contributed by atoms with E-state index in [0.29, 0.717) is 21.4 Å². The van der Waals surface area contributed by atoms with Crippen LogP contribution in [0.5, 0.6) is 11.5 Å². The number of hydrogen-bond donors (Lipinski definition) is 1. The summed E-state index contributed by atoms with van der Waals surface area (Å²) in [5, 5.41) is 0.504. The molecule has 0 aliphatic carbocycles. The van der Waals surface area contributed by atoms with Crippen LogP contribution >= 0.6 is 0 Å². The Morgan fingerprint density at radius 2 is 2.14 bits per heavy atom. The van der Waals surface area contributed by atoms with E-state index < -0.39 is 85.7 Å². The van der Waals surface area contributed by atoms with Crippen molar-refractivity contribution in [3.8, 4) is 11.5 Å². The van der Waals surface area contributed by atoms with E-state index in [0.717, 1.165) is 0 Å². The molecule has 29 heavy (non-hydrogen) atoms. The molecule has 3 aliphatic heterocycles. The smallest absolute Gasteiger partial charge is 0.245 e. The minimum Gasteiger partial charge on any atom is -0.454 e. The van der Waals surface area contributed by atoms with Crippen LogP contribution in [0.25, 0.3) is 10.9 Å². The van der Waals surface area contributed by atoms with Crippen LogP contribution in [-0.4, -0.2) is 52.8 Å². The largest absolute Gasteiger partial charge is 0.454 e. The van der Waals surface area contributed by atoms with Gasteiger partial charge in [0.1, 0.15) is 8.76 Å². The summed E-state index contributed by atoms with van der Waals surface area (Å²) in [6.07, 6.45) is -0.544. The molecule has 0 spiro atoms. The Hall–Kier alpha value is -3.48. The number of aromatic nitrogens is 1. The number of nitrogens with zero attached hydrogens (tertiary/aromatic N) is 2. The number of benzene rings is 2. The Balaban J connectivity index is 1.70. The Morgan fingerprint density at radius 3 is 3.03 bits per heavy atom. The van der Waals surface area contributed by atoms with Crippen molar-refractivity contribution in [1.29, 1.82) is 0 Å². The van der Waals surface area contributed by atoms with Crippen LogP contribution in [0.15, 0.2) is 42.4 Å². The molecule has 1 N–H and O–H groups in total. The second-order valence-electron chi connectivity index (χ2n) is 6.75. The molecule has 7 heteroatoms. The van der Waals surface area contributed by atoms with Gasteiger partial charge >= 0.3 is 0 Å². The fraction of sp³-hybridized carbons (Fsp3) is 0.273. The molecule has 146 valence electrons. The number of fused-ring (bicyclic) bond motifs is 5. The molecule has 2 amide bonds. The van der Waals surface area contributed by atoms with Crippen molar-refractivity contribution in [3.05, 3.63) is 59.2 Å². The van der Waals surface area contributed by atoms with Crippen LogP contribution in [0.4, 0.5) is 0 Å². The van der Waals surface area contributed by atoms with Crippen molar-refractivity contribution < 1.29 is 34.1 Å². The number of likely N-dealkylation sites (N-methyl/N-ethyl adjacent to an activating group) is 1. The van der Waals surface area contributed by atoms with E-state index >= 15 is 0 Å². The van der Waals surface area contributed by atoms with Crippen LogP contribution < -0.4 is 9.47 Å². The lowest BCUT2D eigenvalue weighted by Gasteiger charge is -2.46. The van der Waals surface area contributed by atoms with Crippen molar-refractivity contribution in [1.82, 2.24) is 14.8 Å². The number of nitrogens with one attached hydrogen (secondary N) is 1. The average molecular weight is 400 g/mol. The fourth-order valence-corrected chi connectivity index (χ4v) is 3.98. The first kappa shape index (κ1) is 8.90. The standard InChI is InChI=1S/C22H19N3O4/c1-24-10-19(26)25-16(22(24)27)9-14-13-4-2-3-5-15(13)23-20(14)21(25)12-6-7-17-18(8-12)29-11-28-17/h2-8,16,21,23H,9-11H2,1H3/t16-,21?/m1/s1/i1D3,6D,7D,8D,10D2,11D2,16D. The molecular formula is C22H19N3O4. The highest BCUT2D eigenvalue weighted by Crippen LogP contribution is 2.44. The average Bonchev–Trinajstić information content (AvgIpc) is 3.37. The van der Waals surface area contributed by atoms with Gasteiger partial charge in [0, 0.05) is 34.1 Å². The maximum atomic E-state index is 13.8.